The average Bonchev–Trinajstić information content (AvgIpc) is 2.21. The second-order valence-electron chi connectivity index (χ2n) is 2.96. The molecule has 0 bridgehead atoms. The molecule has 0 heterocycles. The van der Waals surface area contributed by atoms with E-state index in [1.807, 2.05) is 18.2 Å². The van der Waals surface area contributed by atoms with Gasteiger partial charge in [-0.2, -0.15) is 0 Å². The predicted molar refractivity (Wildman–Crippen MR) is 65.0 cm³/mol. The first-order valence-electron chi connectivity index (χ1n) is 4.39. The van der Waals surface area contributed by atoms with Crippen LogP contribution in [0.25, 0.3) is 0 Å². The molecular formula is C11H15Cl2N. The maximum Gasteiger partial charge on any atom is 0.0148 e. The summed E-state index contributed by atoms with van der Waals surface area (Å²) in [6.07, 6.45) is 1.96. The van der Waals surface area contributed by atoms with Gasteiger partial charge in [0.1, 0.15) is 0 Å². The van der Waals surface area contributed by atoms with Crippen molar-refractivity contribution in [3.63, 3.8) is 0 Å². The van der Waals surface area contributed by atoms with Gasteiger partial charge in [-0.05, 0) is 24.0 Å². The van der Waals surface area contributed by atoms with Gasteiger partial charge in [0.25, 0.3) is 0 Å². The Morgan fingerprint density at radius 3 is 2.43 bits per heavy atom. The van der Waals surface area contributed by atoms with Crippen LogP contribution in [0.5, 0.6) is 0 Å². The second kappa shape index (κ2) is 7.86. The van der Waals surface area contributed by atoms with Crippen molar-refractivity contribution >= 4 is 24.0 Å². The highest BCUT2D eigenvalue weighted by atomic mass is 35.5. The molecule has 0 aliphatic carbocycles. The lowest BCUT2D eigenvalue weighted by molar-refractivity contribution is 0.906. The van der Waals surface area contributed by atoms with E-state index in [4.69, 9.17) is 17.3 Å². The molecule has 1 aromatic carbocycles. The van der Waals surface area contributed by atoms with Gasteiger partial charge in [0.2, 0.25) is 0 Å². The van der Waals surface area contributed by atoms with Crippen LogP contribution in [0, 0.1) is 0 Å². The number of benzene rings is 1. The number of halogens is 2. The van der Waals surface area contributed by atoms with Crippen LogP contribution in [-0.2, 0) is 6.42 Å². The van der Waals surface area contributed by atoms with Gasteiger partial charge < -0.3 is 5.73 Å². The number of hydrogen-bond acceptors (Lipinski definition) is 1. The minimum atomic E-state index is 0. The van der Waals surface area contributed by atoms with Crippen molar-refractivity contribution in [2.24, 2.45) is 5.73 Å². The summed E-state index contributed by atoms with van der Waals surface area (Å²) in [7, 11) is 0. The molecule has 14 heavy (non-hydrogen) atoms. The van der Waals surface area contributed by atoms with E-state index in [1.165, 1.54) is 5.56 Å². The standard InChI is InChI=1S/C11H14ClN.ClH/c12-8-11(9-13)7-6-10-4-2-1-3-5-10;/h1-5,8H,6-7,9,13H2;1H/b11-8+;. The molecule has 1 aromatic rings. The molecule has 3 heteroatoms. The Morgan fingerprint density at radius 1 is 1.29 bits per heavy atom. The maximum atomic E-state index is 5.59. The van der Waals surface area contributed by atoms with Gasteiger partial charge in [0.15, 0.2) is 0 Å². The van der Waals surface area contributed by atoms with Crippen molar-refractivity contribution in [3.05, 3.63) is 47.0 Å². The molecule has 0 aliphatic rings. The molecule has 0 spiro atoms. The summed E-state index contributed by atoms with van der Waals surface area (Å²) in [6.45, 7) is 0.552. The fourth-order valence-electron chi connectivity index (χ4n) is 1.15. The van der Waals surface area contributed by atoms with Crippen LogP contribution in [0.15, 0.2) is 41.4 Å². The third-order valence-corrected chi connectivity index (χ3v) is 2.30. The van der Waals surface area contributed by atoms with Crippen LogP contribution in [0.3, 0.4) is 0 Å². The van der Waals surface area contributed by atoms with Crippen molar-refractivity contribution < 1.29 is 0 Å². The Bertz CT molecular complexity index is 270. The Kier molecular flexibility index (Phi) is 7.58. The second-order valence-corrected chi connectivity index (χ2v) is 3.18. The third kappa shape index (κ3) is 4.66. The molecule has 2 N–H and O–H groups in total. The Labute approximate surface area is 96.4 Å². The van der Waals surface area contributed by atoms with Crippen LogP contribution in [0.4, 0.5) is 0 Å². The molecule has 0 amide bonds. The molecule has 1 nitrogen and oxygen atoms in total. The number of aryl methyl sites for hydroxylation is 1. The van der Waals surface area contributed by atoms with Crippen LogP contribution in [0.1, 0.15) is 12.0 Å². The van der Waals surface area contributed by atoms with Crippen LogP contribution < -0.4 is 5.73 Å². The van der Waals surface area contributed by atoms with E-state index in [2.05, 4.69) is 12.1 Å². The summed E-state index contributed by atoms with van der Waals surface area (Å²) in [5, 5.41) is 0. The van der Waals surface area contributed by atoms with Gasteiger partial charge in [-0.3, -0.25) is 0 Å². The molecule has 0 atom stereocenters. The van der Waals surface area contributed by atoms with E-state index in [0.717, 1.165) is 18.4 Å². The van der Waals surface area contributed by atoms with Gasteiger partial charge >= 0.3 is 0 Å². The van der Waals surface area contributed by atoms with Crippen molar-refractivity contribution in [2.45, 2.75) is 12.8 Å². The number of nitrogens with two attached hydrogens (primary N) is 1. The third-order valence-electron chi connectivity index (χ3n) is 1.99. The quantitative estimate of drug-likeness (QED) is 0.847. The fourth-order valence-corrected chi connectivity index (χ4v) is 1.35. The SMILES string of the molecule is Cl.NC/C(=C/Cl)CCc1ccccc1. The number of rotatable bonds is 4. The lowest BCUT2D eigenvalue weighted by Crippen LogP contribution is -2.03. The highest BCUT2D eigenvalue weighted by Crippen LogP contribution is 2.08. The minimum absolute atomic E-state index is 0. The van der Waals surface area contributed by atoms with Crippen molar-refractivity contribution in [1.29, 1.82) is 0 Å². The monoisotopic (exact) mass is 231 g/mol. The van der Waals surface area contributed by atoms with Crippen molar-refractivity contribution in [2.75, 3.05) is 6.54 Å². The summed E-state index contributed by atoms with van der Waals surface area (Å²) in [5.74, 6) is 0. The van der Waals surface area contributed by atoms with E-state index in [0.29, 0.717) is 6.54 Å². The molecule has 0 unspecified atom stereocenters. The Morgan fingerprint density at radius 2 is 1.93 bits per heavy atom. The Balaban J connectivity index is 0.00000169. The van der Waals surface area contributed by atoms with Crippen LogP contribution in [0.2, 0.25) is 0 Å². The first-order valence-corrected chi connectivity index (χ1v) is 4.82. The van der Waals surface area contributed by atoms with E-state index in [9.17, 15) is 0 Å². The van der Waals surface area contributed by atoms with Gasteiger partial charge in [-0.15, -0.1) is 12.4 Å². The highest BCUT2D eigenvalue weighted by molar-refractivity contribution is 6.25. The van der Waals surface area contributed by atoms with Crippen LogP contribution >= 0.6 is 24.0 Å². The summed E-state index contributed by atoms with van der Waals surface area (Å²) in [5.41, 5.74) is 9.51. The first-order chi connectivity index (χ1) is 6.36. The predicted octanol–water partition coefficient (Wildman–Crippen LogP) is 3.12. The lowest BCUT2D eigenvalue weighted by Gasteiger charge is -2.02. The van der Waals surface area contributed by atoms with Crippen molar-refractivity contribution in [3.8, 4) is 0 Å². The molecule has 0 aromatic heterocycles. The summed E-state index contributed by atoms with van der Waals surface area (Å²) in [6, 6.07) is 10.3. The Hall–Kier alpha value is -0.500. The van der Waals surface area contributed by atoms with E-state index < -0.39 is 0 Å². The van der Waals surface area contributed by atoms with Gasteiger partial charge in [-0.25, -0.2) is 0 Å². The van der Waals surface area contributed by atoms with E-state index >= 15 is 0 Å². The lowest BCUT2D eigenvalue weighted by atomic mass is 10.1. The molecule has 1 rings (SSSR count). The zero-order valence-corrected chi connectivity index (χ0v) is 9.52. The summed E-state index contributed by atoms with van der Waals surface area (Å²) >= 11 is 5.59. The zero-order chi connectivity index (χ0) is 9.52. The molecule has 0 radical (unpaired) electrons. The molecule has 78 valence electrons. The van der Waals surface area contributed by atoms with E-state index in [-0.39, 0.29) is 12.4 Å². The van der Waals surface area contributed by atoms with Crippen molar-refractivity contribution in [1.82, 2.24) is 0 Å². The summed E-state index contributed by atoms with van der Waals surface area (Å²) in [4.78, 5) is 0. The van der Waals surface area contributed by atoms with E-state index in [1.54, 1.807) is 5.54 Å². The van der Waals surface area contributed by atoms with Gasteiger partial charge in [0, 0.05) is 12.1 Å². The molecular weight excluding hydrogens is 217 g/mol. The number of hydrogen-bond donors (Lipinski definition) is 1. The topological polar surface area (TPSA) is 26.0 Å². The summed E-state index contributed by atoms with van der Waals surface area (Å²) < 4.78 is 0. The normalized spacial score (nSPS) is 10.9. The minimum Gasteiger partial charge on any atom is -0.327 e. The zero-order valence-electron chi connectivity index (χ0n) is 7.95. The smallest absolute Gasteiger partial charge is 0.0148 e. The van der Waals surface area contributed by atoms with Crippen LogP contribution in [-0.4, -0.2) is 6.54 Å². The fraction of sp³-hybridized carbons (Fsp3) is 0.273. The van der Waals surface area contributed by atoms with Gasteiger partial charge in [0.05, 0.1) is 0 Å². The highest BCUT2D eigenvalue weighted by Gasteiger charge is 1.95. The molecule has 0 saturated heterocycles. The first kappa shape index (κ1) is 13.5. The molecule has 0 aliphatic heterocycles. The average molecular weight is 232 g/mol. The molecule has 0 fully saturated rings. The maximum absolute atomic E-state index is 5.59. The van der Waals surface area contributed by atoms with Gasteiger partial charge in [-0.1, -0.05) is 41.9 Å². The largest absolute Gasteiger partial charge is 0.327 e. The molecule has 0 saturated carbocycles.